The number of carbonyl (C=O) groups is 1. The van der Waals surface area contributed by atoms with Gasteiger partial charge in [-0.05, 0) is 24.5 Å². The van der Waals surface area contributed by atoms with Gasteiger partial charge >= 0.3 is 0 Å². The highest BCUT2D eigenvalue weighted by molar-refractivity contribution is 6.33. The summed E-state index contributed by atoms with van der Waals surface area (Å²) in [6.07, 6.45) is 5.27. The lowest BCUT2D eigenvalue weighted by atomic mass is 10.2. The maximum atomic E-state index is 12.7. The van der Waals surface area contributed by atoms with Gasteiger partial charge in [0, 0.05) is 25.0 Å². The third kappa shape index (κ3) is 2.83. The molecule has 20 heavy (non-hydrogen) atoms. The van der Waals surface area contributed by atoms with Gasteiger partial charge in [-0.3, -0.25) is 9.78 Å². The zero-order valence-corrected chi connectivity index (χ0v) is 11.8. The van der Waals surface area contributed by atoms with Crippen LogP contribution >= 0.6 is 11.6 Å². The highest BCUT2D eigenvalue weighted by Gasteiger charge is 2.33. The molecule has 1 aromatic carbocycles. The van der Waals surface area contributed by atoms with E-state index >= 15 is 0 Å². The lowest BCUT2D eigenvalue weighted by molar-refractivity contribution is 0.0729. The van der Waals surface area contributed by atoms with Crippen LogP contribution in [-0.2, 0) is 6.54 Å². The first-order valence-electron chi connectivity index (χ1n) is 6.70. The molecule has 0 aliphatic heterocycles. The zero-order valence-electron chi connectivity index (χ0n) is 11.0. The van der Waals surface area contributed by atoms with Crippen molar-refractivity contribution in [3.63, 3.8) is 0 Å². The first-order valence-corrected chi connectivity index (χ1v) is 7.08. The topological polar surface area (TPSA) is 33.2 Å². The van der Waals surface area contributed by atoms with Crippen molar-refractivity contribution >= 4 is 17.5 Å². The van der Waals surface area contributed by atoms with Crippen molar-refractivity contribution in [2.75, 3.05) is 0 Å². The Hall–Kier alpha value is -1.87. The Labute approximate surface area is 123 Å². The molecule has 1 aliphatic rings. The molecule has 0 unspecified atom stereocenters. The smallest absolute Gasteiger partial charge is 0.257 e. The molecule has 0 bridgehead atoms. The zero-order chi connectivity index (χ0) is 13.9. The molecule has 1 fully saturated rings. The average Bonchev–Trinajstić information content (AvgIpc) is 3.30. The summed E-state index contributed by atoms with van der Waals surface area (Å²) in [4.78, 5) is 18.6. The van der Waals surface area contributed by atoms with Crippen molar-refractivity contribution < 1.29 is 4.79 Å². The summed E-state index contributed by atoms with van der Waals surface area (Å²) in [6, 6.07) is 12.0. The van der Waals surface area contributed by atoms with E-state index in [9.17, 15) is 4.79 Å². The quantitative estimate of drug-likeness (QED) is 0.861. The van der Waals surface area contributed by atoms with Crippen LogP contribution in [0.5, 0.6) is 0 Å². The Morgan fingerprint density at radius 1 is 1.25 bits per heavy atom. The molecule has 3 nitrogen and oxygen atoms in total. The van der Waals surface area contributed by atoms with Gasteiger partial charge in [-0.25, -0.2) is 0 Å². The second kappa shape index (κ2) is 5.63. The minimum atomic E-state index is -0.0329. The number of pyridine rings is 1. The standard InChI is InChI=1S/C16H15ClN2O/c17-15-8-9-18-10-14(15)16(20)19(13-6-7-13)11-12-4-2-1-3-5-12/h1-5,8-10,13H,6-7,11H2. The monoisotopic (exact) mass is 286 g/mol. The fraction of sp³-hybridized carbons (Fsp3) is 0.250. The van der Waals surface area contributed by atoms with Gasteiger partial charge in [0.2, 0.25) is 0 Å². The number of halogens is 1. The van der Waals surface area contributed by atoms with Crippen LogP contribution in [0.4, 0.5) is 0 Å². The summed E-state index contributed by atoms with van der Waals surface area (Å²) < 4.78 is 0. The van der Waals surface area contributed by atoms with E-state index in [1.54, 1.807) is 18.5 Å². The fourth-order valence-corrected chi connectivity index (χ4v) is 2.41. The number of carbonyl (C=O) groups excluding carboxylic acids is 1. The number of amides is 1. The molecule has 1 saturated carbocycles. The van der Waals surface area contributed by atoms with Gasteiger partial charge in [0.05, 0.1) is 10.6 Å². The maximum Gasteiger partial charge on any atom is 0.257 e. The molecule has 1 aromatic heterocycles. The molecule has 1 heterocycles. The molecule has 0 N–H and O–H groups in total. The van der Waals surface area contributed by atoms with E-state index in [0.717, 1.165) is 18.4 Å². The number of rotatable bonds is 4. The Morgan fingerprint density at radius 2 is 2.00 bits per heavy atom. The van der Waals surface area contributed by atoms with E-state index in [0.29, 0.717) is 23.2 Å². The largest absolute Gasteiger partial charge is 0.331 e. The highest BCUT2D eigenvalue weighted by atomic mass is 35.5. The molecule has 0 saturated heterocycles. The van der Waals surface area contributed by atoms with Crippen LogP contribution in [0.25, 0.3) is 0 Å². The maximum absolute atomic E-state index is 12.7. The fourth-order valence-electron chi connectivity index (χ4n) is 2.22. The molecule has 1 aliphatic carbocycles. The molecule has 2 aromatic rings. The van der Waals surface area contributed by atoms with E-state index in [4.69, 9.17) is 11.6 Å². The van der Waals surface area contributed by atoms with E-state index in [2.05, 4.69) is 4.98 Å². The van der Waals surface area contributed by atoms with Crippen molar-refractivity contribution in [1.29, 1.82) is 0 Å². The summed E-state index contributed by atoms with van der Waals surface area (Å²) in [5.74, 6) is -0.0329. The predicted molar refractivity (Wildman–Crippen MR) is 78.6 cm³/mol. The van der Waals surface area contributed by atoms with E-state index < -0.39 is 0 Å². The third-order valence-corrected chi connectivity index (χ3v) is 3.77. The first-order chi connectivity index (χ1) is 9.75. The lowest BCUT2D eigenvalue weighted by Gasteiger charge is -2.23. The number of hydrogen-bond donors (Lipinski definition) is 0. The first kappa shape index (κ1) is 13.1. The van der Waals surface area contributed by atoms with Gasteiger partial charge in [0.15, 0.2) is 0 Å². The van der Waals surface area contributed by atoms with Crippen molar-refractivity contribution in [3.8, 4) is 0 Å². The molecule has 102 valence electrons. The van der Waals surface area contributed by atoms with E-state index in [1.165, 1.54) is 0 Å². The van der Waals surface area contributed by atoms with Gasteiger partial charge in [0.25, 0.3) is 5.91 Å². The summed E-state index contributed by atoms with van der Waals surface area (Å²) in [5, 5.41) is 0.462. The number of hydrogen-bond acceptors (Lipinski definition) is 2. The Morgan fingerprint density at radius 3 is 2.65 bits per heavy atom. The highest BCUT2D eigenvalue weighted by Crippen LogP contribution is 2.30. The van der Waals surface area contributed by atoms with E-state index in [-0.39, 0.29) is 5.91 Å². The SMILES string of the molecule is O=C(c1cnccc1Cl)N(Cc1ccccc1)C1CC1. The van der Waals surface area contributed by atoms with Gasteiger partial charge in [0.1, 0.15) is 0 Å². The summed E-state index contributed by atoms with van der Waals surface area (Å²) in [6.45, 7) is 0.621. The van der Waals surface area contributed by atoms with E-state index in [1.807, 2.05) is 35.2 Å². The summed E-state index contributed by atoms with van der Waals surface area (Å²) in [5.41, 5.74) is 1.62. The van der Waals surface area contributed by atoms with Crippen LogP contribution in [0.15, 0.2) is 48.8 Å². The molecule has 0 spiro atoms. The predicted octanol–water partition coefficient (Wildman–Crippen LogP) is 3.54. The van der Waals surface area contributed by atoms with Gasteiger partial charge in [-0.15, -0.1) is 0 Å². The van der Waals surface area contributed by atoms with Crippen molar-refractivity contribution in [2.24, 2.45) is 0 Å². The van der Waals surface area contributed by atoms with Crippen molar-refractivity contribution in [2.45, 2.75) is 25.4 Å². The third-order valence-electron chi connectivity index (χ3n) is 3.44. The molecule has 3 rings (SSSR count). The molecular weight excluding hydrogens is 272 g/mol. The summed E-state index contributed by atoms with van der Waals surface area (Å²) in [7, 11) is 0. The Kier molecular flexibility index (Phi) is 3.70. The number of aromatic nitrogens is 1. The average molecular weight is 287 g/mol. The number of nitrogens with zero attached hydrogens (tertiary/aromatic N) is 2. The summed E-state index contributed by atoms with van der Waals surface area (Å²) >= 11 is 6.10. The van der Waals surface area contributed by atoms with Crippen molar-refractivity contribution in [3.05, 3.63) is 64.9 Å². The van der Waals surface area contributed by atoms with Gasteiger partial charge in [-0.1, -0.05) is 41.9 Å². The minimum absolute atomic E-state index is 0.0329. The van der Waals surface area contributed by atoms with Gasteiger partial charge < -0.3 is 4.90 Å². The Bertz CT molecular complexity index is 611. The van der Waals surface area contributed by atoms with Crippen LogP contribution in [0.2, 0.25) is 5.02 Å². The normalized spacial score (nSPS) is 14.1. The van der Waals surface area contributed by atoms with Crippen LogP contribution in [-0.4, -0.2) is 21.8 Å². The van der Waals surface area contributed by atoms with Crippen LogP contribution < -0.4 is 0 Å². The molecular formula is C16H15ClN2O. The van der Waals surface area contributed by atoms with Crippen LogP contribution in [0, 0.1) is 0 Å². The van der Waals surface area contributed by atoms with Gasteiger partial charge in [-0.2, -0.15) is 0 Å². The van der Waals surface area contributed by atoms with Crippen LogP contribution in [0.3, 0.4) is 0 Å². The Balaban J connectivity index is 1.84. The minimum Gasteiger partial charge on any atom is -0.331 e. The molecule has 4 heteroatoms. The van der Waals surface area contributed by atoms with Crippen molar-refractivity contribution in [1.82, 2.24) is 9.88 Å². The van der Waals surface area contributed by atoms with Crippen LogP contribution in [0.1, 0.15) is 28.8 Å². The lowest BCUT2D eigenvalue weighted by Crippen LogP contribution is -2.32. The molecule has 0 atom stereocenters. The number of benzene rings is 1. The molecule has 1 amide bonds. The second-order valence-corrected chi connectivity index (χ2v) is 5.41. The second-order valence-electron chi connectivity index (χ2n) is 5.01. The molecule has 0 radical (unpaired) electrons.